The van der Waals surface area contributed by atoms with Crippen LogP contribution in [-0.2, 0) is 4.79 Å². The fourth-order valence-electron chi connectivity index (χ4n) is 1.34. The van der Waals surface area contributed by atoms with Gasteiger partial charge in [-0.25, -0.2) is 0 Å². The number of rotatable bonds is 4. The van der Waals surface area contributed by atoms with Crippen molar-refractivity contribution in [2.24, 2.45) is 0 Å². The quantitative estimate of drug-likeness (QED) is 0.519. The van der Waals surface area contributed by atoms with Crippen LogP contribution in [0.15, 0.2) is 18.2 Å². The number of amides is 1. The molecular formula is C11H14N2O3. The lowest BCUT2D eigenvalue weighted by molar-refractivity contribution is -0.114. The molecule has 0 unspecified atom stereocenters. The average molecular weight is 222 g/mol. The first-order valence-electron chi connectivity index (χ1n) is 4.83. The van der Waals surface area contributed by atoms with E-state index in [4.69, 9.17) is 0 Å². The number of hydrogen-bond acceptors (Lipinski definition) is 4. The van der Waals surface area contributed by atoms with Gasteiger partial charge in [0.1, 0.15) is 5.75 Å². The summed E-state index contributed by atoms with van der Waals surface area (Å²) in [5.74, 6) is -0.640. The van der Waals surface area contributed by atoms with Crippen LogP contribution in [0.2, 0.25) is 0 Å². The van der Waals surface area contributed by atoms with Crippen molar-refractivity contribution in [2.45, 2.75) is 6.92 Å². The van der Waals surface area contributed by atoms with Crippen LogP contribution in [0, 0.1) is 0 Å². The van der Waals surface area contributed by atoms with Crippen LogP contribution in [-0.4, -0.2) is 30.4 Å². The summed E-state index contributed by atoms with van der Waals surface area (Å²) in [6.07, 6.45) is 0. The summed E-state index contributed by atoms with van der Waals surface area (Å²) in [6.45, 7) is 1.47. The third-order valence-electron chi connectivity index (χ3n) is 1.98. The number of carbonyl (C=O) groups excluding carboxylic acids is 2. The number of hydrogen-bond donors (Lipinski definition) is 3. The minimum atomic E-state index is -0.333. The molecule has 0 aromatic heterocycles. The summed E-state index contributed by atoms with van der Waals surface area (Å²) >= 11 is 0. The standard InChI is InChI=1S/C11H14N2O3/c1-7(14)13-11-8(10(16)6-12-2)4-3-5-9(11)15/h3-5,12,15H,6H2,1-2H3,(H,13,14). The molecule has 0 aliphatic rings. The zero-order valence-electron chi connectivity index (χ0n) is 9.20. The lowest BCUT2D eigenvalue weighted by atomic mass is 10.1. The molecule has 16 heavy (non-hydrogen) atoms. The van der Waals surface area contributed by atoms with Gasteiger partial charge in [0.05, 0.1) is 12.2 Å². The van der Waals surface area contributed by atoms with Gasteiger partial charge in [0.25, 0.3) is 0 Å². The molecule has 0 heterocycles. The van der Waals surface area contributed by atoms with Crippen molar-refractivity contribution in [1.82, 2.24) is 5.32 Å². The maximum absolute atomic E-state index is 11.7. The maximum atomic E-state index is 11.7. The van der Waals surface area contributed by atoms with Crippen molar-refractivity contribution in [1.29, 1.82) is 0 Å². The minimum absolute atomic E-state index is 0.114. The average Bonchev–Trinajstić information content (AvgIpc) is 2.20. The first kappa shape index (κ1) is 12.2. The number of anilines is 1. The lowest BCUT2D eigenvalue weighted by Crippen LogP contribution is -2.20. The number of aromatic hydroxyl groups is 1. The molecule has 0 saturated carbocycles. The first-order valence-corrected chi connectivity index (χ1v) is 4.83. The zero-order chi connectivity index (χ0) is 12.1. The van der Waals surface area contributed by atoms with Gasteiger partial charge in [0, 0.05) is 12.5 Å². The fraction of sp³-hybridized carbons (Fsp3) is 0.273. The van der Waals surface area contributed by atoms with E-state index in [2.05, 4.69) is 10.6 Å². The molecule has 1 rings (SSSR count). The van der Waals surface area contributed by atoms with E-state index in [1.165, 1.54) is 13.0 Å². The van der Waals surface area contributed by atoms with Gasteiger partial charge in [-0.3, -0.25) is 9.59 Å². The second kappa shape index (κ2) is 5.27. The van der Waals surface area contributed by atoms with Crippen LogP contribution in [0.3, 0.4) is 0 Å². The highest BCUT2D eigenvalue weighted by Crippen LogP contribution is 2.27. The Kier molecular flexibility index (Phi) is 4.02. The number of phenolic OH excluding ortho intramolecular Hbond substituents is 1. The van der Waals surface area contributed by atoms with Gasteiger partial charge >= 0.3 is 0 Å². The number of benzene rings is 1. The molecule has 1 aromatic rings. The van der Waals surface area contributed by atoms with Crippen LogP contribution < -0.4 is 10.6 Å². The predicted octanol–water partition coefficient (Wildman–Crippen LogP) is 0.753. The molecule has 0 aliphatic carbocycles. The summed E-state index contributed by atoms with van der Waals surface area (Å²) in [5, 5.41) is 14.7. The smallest absolute Gasteiger partial charge is 0.221 e. The number of carbonyl (C=O) groups is 2. The van der Waals surface area contributed by atoms with Gasteiger partial charge in [-0.1, -0.05) is 6.07 Å². The Labute approximate surface area is 93.5 Å². The molecular weight excluding hydrogens is 208 g/mol. The molecule has 0 fully saturated rings. The number of para-hydroxylation sites is 1. The van der Waals surface area contributed by atoms with Gasteiger partial charge in [-0.2, -0.15) is 0 Å². The Morgan fingerprint density at radius 3 is 2.62 bits per heavy atom. The molecule has 1 aromatic carbocycles. The number of Topliss-reactive ketones (excluding diaryl/α,β-unsaturated/α-hetero) is 1. The fourth-order valence-corrected chi connectivity index (χ4v) is 1.34. The van der Waals surface area contributed by atoms with E-state index in [-0.39, 0.29) is 29.7 Å². The Balaban J connectivity index is 3.11. The molecule has 0 saturated heterocycles. The number of nitrogens with one attached hydrogen (secondary N) is 2. The highest BCUT2D eigenvalue weighted by molar-refractivity contribution is 6.06. The van der Waals surface area contributed by atoms with Gasteiger partial charge in [-0.05, 0) is 19.2 Å². The van der Waals surface area contributed by atoms with Crippen molar-refractivity contribution in [3.8, 4) is 5.75 Å². The Bertz CT molecular complexity index is 416. The van der Waals surface area contributed by atoms with Crippen molar-refractivity contribution in [3.63, 3.8) is 0 Å². The SMILES string of the molecule is CNCC(=O)c1cccc(O)c1NC(C)=O. The Morgan fingerprint density at radius 1 is 1.38 bits per heavy atom. The number of likely N-dealkylation sites (N-methyl/N-ethyl adjacent to an activating group) is 1. The van der Waals surface area contributed by atoms with Crippen LogP contribution in [0.5, 0.6) is 5.75 Å². The highest BCUT2D eigenvalue weighted by atomic mass is 16.3. The van der Waals surface area contributed by atoms with Gasteiger partial charge in [0.2, 0.25) is 5.91 Å². The molecule has 0 bridgehead atoms. The molecule has 1 amide bonds. The van der Waals surface area contributed by atoms with E-state index in [1.54, 1.807) is 19.2 Å². The largest absolute Gasteiger partial charge is 0.506 e. The monoisotopic (exact) mass is 222 g/mol. The van der Waals surface area contributed by atoms with Crippen molar-refractivity contribution < 1.29 is 14.7 Å². The van der Waals surface area contributed by atoms with E-state index in [9.17, 15) is 14.7 Å². The van der Waals surface area contributed by atoms with Crippen molar-refractivity contribution in [3.05, 3.63) is 23.8 Å². The van der Waals surface area contributed by atoms with E-state index >= 15 is 0 Å². The Hall–Kier alpha value is -1.88. The zero-order valence-corrected chi connectivity index (χ0v) is 9.20. The lowest BCUT2D eigenvalue weighted by Gasteiger charge is -2.10. The molecule has 5 nitrogen and oxygen atoms in total. The van der Waals surface area contributed by atoms with Crippen molar-refractivity contribution >= 4 is 17.4 Å². The minimum Gasteiger partial charge on any atom is -0.506 e. The molecule has 3 N–H and O–H groups in total. The van der Waals surface area contributed by atoms with Gasteiger partial charge < -0.3 is 15.7 Å². The molecule has 0 atom stereocenters. The van der Waals surface area contributed by atoms with Crippen LogP contribution in [0.4, 0.5) is 5.69 Å². The van der Waals surface area contributed by atoms with Crippen molar-refractivity contribution in [2.75, 3.05) is 18.9 Å². The maximum Gasteiger partial charge on any atom is 0.221 e. The summed E-state index contributed by atoms with van der Waals surface area (Å²) in [4.78, 5) is 22.6. The third-order valence-corrected chi connectivity index (χ3v) is 1.98. The summed E-state index contributed by atoms with van der Waals surface area (Å²) in [5.41, 5.74) is 0.458. The summed E-state index contributed by atoms with van der Waals surface area (Å²) in [6, 6.07) is 4.54. The second-order valence-corrected chi connectivity index (χ2v) is 3.33. The van der Waals surface area contributed by atoms with E-state index in [0.717, 1.165) is 0 Å². The van der Waals surface area contributed by atoms with Crippen LogP contribution in [0.1, 0.15) is 17.3 Å². The first-order chi connectivity index (χ1) is 7.56. The number of phenols is 1. The van der Waals surface area contributed by atoms with Crippen LogP contribution >= 0.6 is 0 Å². The normalized spacial score (nSPS) is 9.88. The topological polar surface area (TPSA) is 78.4 Å². The predicted molar refractivity (Wildman–Crippen MR) is 60.7 cm³/mol. The Morgan fingerprint density at radius 2 is 2.06 bits per heavy atom. The number of ketones is 1. The van der Waals surface area contributed by atoms with Crippen LogP contribution in [0.25, 0.3) is 0 Å². The van der Waals surface area contributed by atoms with Gasteiger partial charge in [-0.15, -0.1) is 0 Å². The highest BCUT2D eigenvalue weighted by Gasteiger charge is 2.14. The molecule has 0 spiro atoms. The summed E-state index contributed by atoms with van der Waals surface area (Å²) in [7, 11) is 1.65. The van der Waals surface area contributed by atoms with E-state index in [0.29, 0.717) is 5.56 Å². The van der Waals surface area contributed by atoms with Gasteiger partial charge in [0.15, 0.2) is 5.78 Å². The molecule has 86 valence electrons. The summed E-state index contributed by atoms with van der Waals surface area (Å²) < 4.78 is 0. The third kappa shape index (κ3) is 2.80. The molecule has 5 heteroatoms. The second-order valence-electron chi connectivity index (χ2n) is 3.33. The van der Waals surface area contributed by atoms with E-state index < -0.39 is 0 Å². The van der Waals surface area contributed by atoms with E-state index in [1.807, 2.05) is 0 Å². The molecule has 0 radical (unpaired) electrons. The molecule has 0 aliphatic heterocycles.